The number of nitro benzene ring substituents is 1. The van der Waals surface area contributed by atoms with Crippen LogP contribution in [0.15, 0.2) is 47.4 Å². The Kier molecular flexibility index (Phi) is 5.17. The van der Waals surface area contributed by atoms with Gasteiger partial charge in [-0.15, -0.1) is 3.89 Å². The smallest absolute Gasteiger partial charge is 0.417 e. The average molecular weight is 370 g/mol. The highest BCUT2D eigenvalue weighted by atomic mass is 32.3. The topological polar surface area (TPSA) is 125 Å². The van der Waals surface area contributed by atoms with E-state index in [0.29, 0.717) is 0 Å². The highest BCUT2D eigenvalue weighted by molar-refractivity contribution is 7.86. The van der Waals surface area contributed by atoms with Crippen molar-refractivity contribution in [2.45, 2.75) is 4.90 Å². The molecule has 11 heteroatoms. The molecular formula is C14H11FN2O7S. The molecule has 0 aromatic heterocycles. The molecule has 2 rings (SSSR count). The van der Waals surface area contributed by atoms with Gasteiger partial charge in [-0.05, 0) is 24.3 Å². The number of nitro groups is 1. The lowest BCUT2D eigenvalue weighted by Crippen LogP contribution is -2.16. The molecule has 0 heterocycles. The molecule has 132 valence electrons. The summed E-state index contributed by atoms with van der Waals surface area (Å²) in [5, 5.41) is 12.8. The Balaban J connectivity index is 2.11. The molecule has 0 radical (unpaired) electrons. The number of carbonyl (C=O) groups is 1. The van der Waals surface area contributed by atoms with Crippen molar-refractivity contribution < 1.29 is 31.5 Å². The van der Waals surface area contributed by atoms with E-state index in [9.17, 15) is 27.2 Å². The van der Waals surface area contributed by atoms with E-state index in [4.69, 9.17) is 9.47 Å². The van der Waals surface area contributed by atoms with Gasteiger partial charge in [-0.25, -0.2) is 4.79 Å². The molecule has 0 aliphatic rings. The van der Waals surface area contributed by atoms with Gasteiger partial charge in [0.1, 0.15) is 16.4 Å². The van der Waals surface area contributed by atoms with Gasteiger partial charge in [0.25, 0.3) is 5.69 Å². The van der Waals surface area contributed by atoms with Crippen LogP contribution >= 0.6 is 0 Å². The second kappa shape index (κ2) is 7.13. The number of methoxy groups -OCH3 is 1. The van der Waals surface area contributed by atoms with Gasteiger partial charge in [0, 0.05) is 23.9 Å². The summed E-state index contributed by atoms with van der Waals surface area (Å²) in [6.07, 6.45) is -0.938. The van der Waals surface area contributed by atoms with Crippen LogP contribution in [0, 0.1) is 10.1 Å². The fourth-order valence-electron chi connectivity index (χ4n) is 1.83. The summed E-state index contributed by atoms with van der Waals surface area (Å²) in [6, 6.07) is 7.96. The van der Waals surface area contributed by atoms with E-state index in [-0.39, 0.29) is 22.9 Å². The first-order valence-electron chi connectivity index (χ1n) is 6.56. The Hall–Kier alpha value is -3.21. The number of nitrogens with zero attached hydrogens (tertiary/aromatic N) is 1. The second-order valence-electron chi connectivity index (χ2n) is 4.57. The van der Waals surface area contributed by atoms with Crippen molar-refractivity contribution in [3.63, 3.8) is 0 Å². The Morgan fingerprint density at radius 2 is 1.84 bits per heavy atom. The number of carbonyl (C=O) groups excluding carboxylic acids is 1. The number of amides is 1. The quantitative estimate of drug-likeness (QED) is 0.487. The summed E-state index contributed by atoms with van der Waals surface area (Å²) in [4.78, 5) is 21.0. The van der Waals surface area contributed by atoms with Gasteiger partial charge in [-0.1, -0.05) is 0 Å². The monoisotopic (exact) mass is 370 g/mol. The summed E-state index contributed by atoms with van der Waals surface area (Å²) in [5.74, 6) is -0.242. The van der Waals surface area contributed by atoms with Gasteiger partial charge in [0.15, 0.2) is 0 Å². The van der Waals surface area contributed by atoms with Crippen molar-refractivity contribution >= 4 is 27.7 Å². The van der Waals surface area contributed by atoms with Crippen molar-refractivity contribution in [1.29, 1.82) is 0 Å². The maximum absolute atomic E-state index is 13.1. The number of non-ortho nitro benzene ring substituents is 1. The summed E-state index contributed by atoms with van der Waals surface area (Å²) < 4.78 is 44.7. The number of benzene rings is 2. The summed E-state index contributed by atoms with van der Waals surface area (Å²) in [6.45, 7) is 0. The highest BCUT2D eigenvalue weighted by Crippen LogP contribution is 2.28. The van der Waals surface area contributed by atoms with E-state index in [1.165, 1.54) is 12.1 Å². The van der Waals surface area contributed by atoms with Crippen LogP contribution in [0.1, 0.15) is 0 Å². The molecule has 1 amide bonds. The van der Waals surface area contributed by atoms with Gasteiger partial charge in [-0.3, -0.25) is 15.4 Å². The molecule has 0 aliphatic heterocycles. The van der Waals surface area contributed by atoms with E-state index >= 15 is 0 Å². The number of anilines is 1. The van der Waals surface area contributed by atoms with Gasteiger partial charge >= 0.3 is 16.3 Å². The average Bonchev–Trinajstić information content (AvgIpc) is 2.54. The third kappa shape index (κ3) is 4.64. The molecule has 0 saturated carbocycles. The first kappa shape index (κ1) is 18.1. The number of nitrogens with one attached hydrogen (secondary N) is 1. The van der Waals surface area contributed by atoms with Gasteiger partial charge in [0.05, 0.1) is 12.0 Å². The first-order valence-corrected chi connectivity index (χ1v) is 7.95. The lowest BCUT2D eigenvalue weighted by atomic mass is 10.3. The van der Waals surface area contributed by atoms with Crippen LogP contribution in [0.2, 0.25) is 0 Å². The third-order valence-electron chi connectivity index (χ3n) is 2.93. The maximum atomic E-state index is 13.1. The summed E-state index contributed by atoms with van der Waals surface area (Å²) in [5.41, 5.74) is -0.0725. The number of halogens is 1. The zero-order valence-electron chi connectivity index (χ0n) is 12.6. The standard InChI is InChI=1S/C14H11FN2O7S/c1-23-12-8-9(2-7-13(12)25(15,21)22)16-14(18)24-11-5-3-10(4-6-11)17(19)20/h2-8H,1H3,(H,16,18). The van der Waals surface area contributed by atoms with Crippen molar-refractivity contribution in [1.82, 2.24) is 0 Å². The van der Waals surface area contributed by atoms with Crippen molar-refractivity contribution in [3.8, 4) is 11.5 Å². The van der Waals surface area contributed by atoms with Crippen LogP contribution in [-0.2, 0) is 10.2 Å². The molecule has 25 heavy (non-hydrogen) atoms. The van der Waals surface area contributed by atoms with E-state index in [0.717, 1.165) is 37.4 Å². The Morgan fingerprint density at radius 3 is 2.36 bits per heavy atom. The summed E-state index contributed by atoms with van der Waals surface area (Å²) in [7, 11) is -3.83. The molecule has 0 spiro atoms. The molecule has 9 nitrogen and oxygen atoms in total. The normalized spacial score (nSPS) is 10.8. The Bertz CT molecular complexity index is 913. The molecule has 0 unspecified atom stereocenters. The lowest BCUT2D eigenvalue weighted by molar-refractivity contribution is -0.384. The maximum Gasteiger partial charge on any atom is 0.417 e. The zero-order chi connectivity index (χ0) is 18.6. The summed E-state index contributed by atoms with van der Waals surface area (Å²) >= 11 is 0. The van der Waals surface area contributed by atoms with Crippen LogP contribution in [-0.4, -0.2) is 26.5 Å². The minimum atomic E-state index is -4.97. The van der Waals surface area contributed by atoms with E-state index in [2.05, 4.69) is 5.32 Å². The number of ether oxygens (including phenoxy) is 2. The van der Waals surface area contributed by atoms with Crippen molar-refractivity contribution in [2.75, 3.05) is 12.4 Å². The zero-order valence-corrected chi connectivity index (χ0v) is 13.4. The van der Waals surface area contributed by atoms with Crippen LogP contribution < -0.4 is 14.8 Å². The first-order chi connectivity index (χ1) is 11.7. The molecule has 0 bridgehead atoms. The Morgan fingerprint density at radius 1 is 1.20 bits per heavy atom. The molecule has 0 saturated heterocycles. The molecule has 2 aromatic rings. The predicted molar refractivity (Wildman–Crippen MR) is 84.0 cm³/mol. The van der Waals surface area contributed by atoms with Gasteiger partial charge in [-0.2, -0.15) is 8.42 Å². The molecule has 0 aliphatic carbocycles. The molecule has 0 atom stereocenters. The third-order valence-corrected chi connectivity index (χ3v) is 3.79. The molecule has 1 N–H and O–H groups in total. The van der Waals surface area contributed by atoms with Crippen LogP contribution in [0.3, 0.4) is 0 Å². The van der Waals surface area contributed by atoms with Crippen LogP contribution in [0.4, 0.5) is 20.1 Å². The number of hydrogen-bond donors (Lipinski definition) is 1. The van der Waals surface area contributed by atoms with Gasteiger partial charge < -0.3 is 9.47 Å². The highest BCUT2D eigenvalue weighted by Gasteiger charge is 2.19. The lowest BCUT2D eigenvalue weighted by Gasteiger charge is -2.09. The van der Waals surface area contributed by atoms with Gasteiger partial charge in [0.2, 0.25) is 0 Å². The Labute approximate surface area is 141 Å². The van der Waals surface area contributed by atoms with E-state index < -0.39 is 26.1 Å². The minimum absolute atomic E-state index is 0.0537. The SMILES string of the molecule is COc1cc(NC(=O)Oc2ccc([N+](=O)[O-])cc2)ccc1S(=O)(=O)F. The molecule has 2 aromatic carbocycles. The van der Waals surface area contributed by atoms with Crippen LogP contribution in [0.25, 0.3) is 0 Å². The van der Waals surface area contributed by atoms with Crippen molar-refractivity contribution in [2.24, 2.45) is 0 Å². The van der Waals surface area contributed by atoms with E-state index in [1.54, 1.807) is 0 Å². The minimum Gasteiger partial charge on any atom is -0.495 e. The number of hydrogen-bond acceptors (Lipinski definition) is 7. The fraction of sp³-hybridized carbons (Fsp3) is 0.0714. The molecular weight excluding hydrogens is 359 g/mol. The number of rotatable bonds is 5. The fourth-order valence-corrected chi connectivity index (χ4v) is 2.45. The predicted octanol–water partition coefficient (Wildman–Crippen LogP) is 2.87. The second-order valence-corrected chi connectivity index (χ2v) is 5.88. The van der Waals surface area contributed by atoms with Crippen LogP contribution in [0.5, 0.6) is 11.5 Å². The van der Waals surface area contributed by atoms with E-state index in [1.807, 2.05) is 0 Å². The molecule has 0 fully saturated rings. The largest absolute Gasteiger partial charge is 0.495 e. The van der Waals surface area contributed by atoms with Crippen molar-refractivity contribution in [3.05, 3.63) is 52.6 Å².